The van der Waals surface area contributed by atoms with Crippen molar-refractivity contribution in [3.8, 4) is 5.75 Å². The zero-order valence-corrected chi connectivity index (χ0v) is 14.8. The average Bonchev–Trinajstić information content (AvgIpc) is 2.54. The molecule has 3 N–H and O–H groups in total. The highest BCUT2D eigenvalue weighted by atomic mass is 16.5. The lowest BCUT2D eigenvalue weighted by molar-refractivity contribution is -0.119. The Morgan fingerprint density at radius 3 is 2.54 bits per heavy atom. The maximum Gasteiger partial charge on any atom is 0.228 e. The molecule has 128 valence electrons. The van der Waals surface area contributed by atoms with E-state index in [1.807, 2.05) is 51.1 Å². The van der Waals surface area contributed by atoms with Gasteiger partial charge in [-0.15, -0.1) is 0 Å². The summed E-state index contributed by atoms with van der Waals surface area (Å²) in [7, 11) is 0. The number of carbonyl (C=O) groups excluding carboxylic acids is 1. The van der Waals surface area contributed by atoms with E-state index in [0.29, 0.717) is 6.61 Å². The summed E-state index contributed by atoms with van der Waals surface area (Å²) in [5, 5.41) is 2.93. The van der Waals surface area contributed by atoms with E-state index in [2.05, 4.69) is 24.4 Å². The fourth-order valence-electron chi connectivity index (χ4n) is 2.32. The molecule has 1 amide bonds. The SMILES string of the molecule is Cc1cccc(COc2ccc(NC(=O)C(C)C(C)N)c(C)c2)c1. The minimum absolute atomic E-state index is 0.0680. The highest BCUT2D eigenvalue weighted by Gasteiger charge is 2.17. The first-order valence-electron chi connectivity index (χ1n) is 8.22. The minimum atomic E-state index is -0.235. The average molecular weight is 326 g/mol. The molecule has 2 aromatic carbocycles. The molecule has 2 unspecified atom stereocenters. The quantitative estimate of drug-likeness (QED) is 0.848. The van der Waals surface area contributed by atoms with Crippen molar-refractivity contribution in [1.82, 2.24) is 0 Å². The number of carbonyl (C=O) groups is 1. The molecule has 2 atom stereocenters. The molecule has 0 fully saturated rings. The summed E-state index contributed by atoms with van der Waals surface area (Å²) in [5.41, 5.74) is 9.88. The number of hydrogen-bond donors (Lipinski definition) is 2. The molecule has 0 aliphatic heterocycles. The van der Waals surface area contributed by atoms with Crippen LogP contribution in [0.15, 0.2) is 42.5 Å². The van der Waals surface area contributed by atoms with Gasteiger partial charge < -0.3 is 15.8 Å². The van der Waals surface area contributed by atoms with Crippen LogP contribution < -0.4 is 15.8 Å². The second-order valence-corrected chi connectivity index (χ2v) is 6.39. The van der Waals surface area contributed by atoms with Crippen molar-refractivity contribution in [2.45, 2.75) is 40.3 Å². The highest BCUT2D eigenvalue weighted by molar-refractivity contribution is 5.93. The number of anilines is 1. The smallest absolute Gasteiger partial charge is 0.228 e. The van der Waals surface area contributed by atoms with Gasteiger partial charge in [0, 0.05) is 11.7 Å². The number of hydrogen-bond acceptors (Lipinski definition) is 3. The lowest BCUT2D eigenvalue weighted by Gasteiger charge is -2.17. The standard InChI is InChI=1S/C20H26N2O2/c1-13-6-5-7-17(10-13)12-24-18-8-9-19(14(2)11-18)22-20(23)15(3)16(4)21/h5-11,15-16H,12,21H2,1-4H3,(H,22,23). The van der Waals surface area contributed by atoms with Gasteiger partial charge in [0.1, 0.15) is 12.4 Å². The summed E-state index contributed by atoms with van der Waals surface area (Å²) < 4.78 is 5.84. The van der Waals surface area contributed by atoms with Gasteiger partial charge in [-0.2, -0.15) is 0 Å². The van der Waals surface area contributed by atoms with Gasteiger partial charge in [-0.3, -0.25) is 4.79 Å². The Bertz CT molecular complexity index is 711. The molecule has 0 aromatic heterocycles. The lowest BCUT2D eigenvalue weighted by atomic mass is 10.0. The van der Waals surface area contributed by atoms with Crippen LogP contribution in [0.2, 0.25) is 0 Å². The van der Waals surface area contributed by atoms with Crippen LogP contribution in [0.25, 0.3) is 0 Å². The molecule has 0 saturated heterocycles. The maximum absolute atomic E-state index is 12.1. The van der Waals surface area contributed by atoms with E-state index >= 15 is 0 Å². The first-order valence-corrected chi connectivity index (χ1v) is 8.22. The molecule has 2 rings (SSSR count). The van der Waals surface area contributed by atoms with Crippen molar-refractivity contribution in [3.63, 3.8) is 0 Å². The molecule has 0 radical (unpaired) electrons. The van der Waals surface area contributed by atoms with Gasteiger partial charge in [0.25, 0.3) is 0 Å². The number of nitrogens with one attached hydrogen (secondary N) is 1. The fourth-order valence-corrected chi connectivity index (χ4v) is 2.32. The predicted octanol–water partition coefficient (Wildman–Crippen LogP) is 3.80. The molecular weight excluding hydrogens is 300 g/mol. The van der Waals surface area contributed by atoms with Crippen LogP contribution in [0.3, 0.4) is 0 Å². The van der Waals surface area contributed by atoms with Gasteiger partial charge in [-0.05, 0) is 50.1 Å². The number of aryl methyl sites for hydroxylation is 2. The molecule has 4 heteroatoms. The summed E-state index contributed by atoms with van der Waals surface area (Å²) >= 11 is 0. The predicted molar refractivity (Wildman–Crippen MR) is 98.1 cm³/mol. The summed E-state index contributed by atoms with van der Waals surface area (Å²) in [4.78, 5) is 12.1. The lowest BCUT2D eigenvalue weighted by Crippen LogP contribution is -2.34. The second kappa shape index (κ2) is 7.97. The number of benzene rings is 2. The Morgan fingerprint density at radius 2 is 1.92 bits per heavy atom. The Morgan fingerprint density at radius 1 is 1.17 bits per heavy atom. The highest BCUT2D eigenvalue weighted by Crippen LogP contribution is 2.23. The second-order valence-electron chi connectivity index (χ2n) is 6.39. The van der Waals surface area contributed by atoms with E-state index in [4.69, 9.17) is 10.5 Å². The van der Waals surface area contributed by atoms with Gasteiger partial charge in [0.05, 0.1) is 5.92 Å². The number of ether oxygens (including phenoxy) is 1. The van der Waals surface area contributed by atoms with Crippen LogP contribution in [-0.2, 0) is 11.4 Å². The van der Waals surface area contributed by atoms with Crippen LogP contribution in [-0.4, -0.2) is 11.9 Å². The molecule has 0 heterocycles. The Labute approximate surface area is 144 Å². The molecule has 0 bridgehead atoms. The van der Waals surface area contributed by atoms with Gasteiger partial charge in [-0.25, -0.2) is 0 Å². The minimum Gasteiger partial charge on any atom is -0.489 e. The molecule has 0 spiro atoms. The van der Waals surface area contributed by atoms with E-state index in [9.17, 15) is 4.79 Å². The molecule has 4 nitrogen and oxygen atoms in total. The van der Waals surface area contributed by atoms with E-state index in [1.165, 1.54) is 5.56 Å². The molecule has 2 aromatic rings. The third-order valence-corrected chi connectivity index (χ3v) is 4.15. The molecule has 0 saturated carbocycles. The van der Waals surface area contributed by atoms with E-state index in [1.54, 1.807) is 0 Å². The van der Waals surface area contributed by atoms with Gasteiger partial charge in [-0.1, -0.05) is 36.8 Å². The molecule has 0 aliphatic rings. The third-order valence-electron chi connectivity index (χ3n) is 4.15. The number of nitrogens with two attached hydrogens (primary N) is 1. The van der Waals surface area contributed by atoms with Crippen LogP contribution in [0, 0.1) is 19.8 Å². The topological polar surface area (TPSA) is 64.3 Å². The monoisotopic (exact) mass is 326 g/mol. The third kappa shape index (κ3) is 4.83. The normalized spacial score (nSPS) is 13.2. The van der Waals surface area contributed by atoms with Crippen LogP contribution >= 0.6 is 0 Å². The van der Waals surface area contributed by atoms with Crippen LogP contribution in [0.5, 0.6) is 5.75 Å². The fraction of sp³-hybridized carbons (Fsp3) is 0.350. The van der Waals surface area contributed by atoms with E-state index in [0.717, 1.165) is 22.6 Å². The molecular formula is C20H26N2O2. The zero-order chi connectivity index (χ0) is 17.7. The van der Waals surface area contributed by atoms with Crippen molar-refractivity contribution in [3.05, 3.63) is 59.2 Å². The summed E-state index contributed by atoms with van der Waals surface area (Å²) in [6.07, 6.45) is 0. The van der Waals surface area contributed by atoms with Crippen LogP contribution in [0.4, 0.5) is 5.69 Å². The summed E-state index contributed by atoms with van der Waals surface area (Å²) in [6.45, 7) is 8.20. The zero-order valence-electron chi connectivity index (χ0n) is 14.8. The largest absolute Gasteiger partial charge is 0.489 e. The maximum atomic E-state index is 12.1. The van der Waals surface area contributed by atoms with Crippen molar-refractivity contribution in [1.29, 1.82) is 0 Å². The van der Waals surface area contributed by atoms with Crippen molar-refractivity contribution in [2.24, 2.45) is 11.7 Å². The Balaban J connectivity index is 2.00. The van der Waals surface area contributed by atoms with Crippen LogP contribution in [0.1, 0.15) is 30.5 Å². The van der Waals surface area contributed by atoms with E-state index in [-0.39, 0.29) is 17.9 Å². The Hall–Kier alpha value is -2.33. The number of amides is 1. The van der Waals surface area contributed by atoms with Gasteiger partial charge >= 0.3 is 0 Å². The molecule has 24 heavy (non-hydrogen) atoms. The van der Waals surface area contributed by atoms with Gasteiger partial charge in [0.15, 0.2) is 0 Å². The van der Waals surface area contributed by atoms with E-state index < -0.39 is 0 Å². The number of rotatable bonds is 6. The van der Waals surface area contributed by atoms with Crippen molar-refractivity contribution >= 4 is 11.6 Å². The van der Waals surface area contributed by atoms with Crippen molar-refractivity contribution in [2.75, 3.05) is 5.32 Å². The first kappa shape index (κ1) is 18.0. The summed E-state index contributed by atoms with van der Waals surface area (Å²) in [6, 6.07) is 13.7. The van der Waals surface area contributed by atoms with Gasteiger partial charge in [0.2, 0.25) is 5.91 Å². The first-order chi connectivity index (χ1) is 11.4. The molecule has 0 aliphatic carbocycles. The summed E-state index contributed by atoms with van der Waals surface area (Å²) in [5.74, 6) is 0.482. The van der Waals surface area contributed by atoms with Crippen molar-refractivity contribution < 1.29 is 9.53 Å². The Kier molecular flexibility index (Phi) is 5.99.